The molecule has 0 aliphatic heterocycles. The van der Waals surface area contributed by atoms with Crippen molar-refractivity contribution in [3.8, 4) is 10.4 Å². The molecule has 2 rings (SSSR count). The lowest BCUT2D eigenvalue weighted by molar-refractivity contribution is -0.384. The fourth-order valence-corrected chi connectivity index (χ4v) is 2.42. The summed E-state index contributed by atoms with van der Waals surface area (Å²) in [4.78, 5) is 22.1. The van der Waals surface area contributed by atoms with Gasteiger partial charge in [-0.25, -0.2) is 0 Å². The second-order valence-corrected chi connectivity index (χ2v) is 4.41. The fourth-order valence-electron chi connectivity index (χ4n) is 1.49. The van der Waals surface area contributed by atoms with E-state index in [-0.39, 0.29) is 5.69 Å². The SMILES string of the molecule is Nc1cc(-c2ccccc2[N+](=O)[O-])sc1C=O. The third-order valence-electron chi connectivity index (χ3n) is 2.26. The Hall–Kier alpha value is -2.21. The first kappa shape index (κ1) is 11.3. The second kappa shape index (κ2) is 4.34. The predicted molar refractivity (Wildman–Crippen MR) is 66.2 cm³/mol. The van der Waals surface area contributed by atoms with E-state index in [1.807, 2.05) is 0 Å². The monoisotopic (exact) mass is 248 g/mol. The number of nitro groups is 1. The number of rotatable bonds is 3. The standard InChI is InChI=1S/C11H8N2O3S/c12-8-5-10(17-11(8)6-14)7-3-1-2-4-9(7)13(15)16/h1-6H,12H2. The molecule has 1 aromatic heterocycles. The van der Waals surface area contributed by atoms with Crippen LogP contribution in [0.3, 0.4) is 0 Å². The third-order valence-corrected chi connectivity index (χ3v) is 3.37. The topological polar surface area (TPSA) is 86.2 Å². The smallest absolute Gasteiger partial charge is 0.278 e. The number of para-hydroxylation sites is 1. The van der Waals surface area contributed by atoms with Gasteiger partial charge in [-0.05, 0) is 12.1 Å². The summed E-state index contributed by atoms with van der Waals surface area (Å²) in [5.41, 5.74) is 6.45. The number of nitrogens with two attached hydrogens (primary N) is 1. The van der Waals surface area contributed by atoms with Gasteiger partial charge in [0.1, 0.15) is 0 Å². The highest BCUT2D eigenvalue weighted by Gasteiger charge is 2.17. The third kappa shape index (κ3) is 2.02. The second-order valence-electron chi connectivity index (χ2n) is 3.32. The van der Waals surface area contributed by atoms with E-state index in [9.17, 15) is 14.9 Å². The van der Waals surface area contributed by atoms with Crippen molar-refractivity contribution < 1.29 is 9.72 Å². The van der Waals surface area contributed by atoms with Crippen LogP contribution in [0.2, 0.25) is 0 Å². The van der Waals surface area contributed by atoms with E-state index < -0.39 is 4.92 Å². The van der Waals surface area contributed by atoms with Gasteiger partial charge in [-0.1, -0.05) is 12.1 Å². The predicted octanol–water partition coefficient (Wildman–Crippen LogP) is 2.72. The van der Waals surface area contributed by atoms with Crippen LogP contribution < -0.4 is 5.73 Å². The number of nitro benzene ring substituents is 1. The maximum atomic E-state index is 10.9. The molecule has 0 atom stereocenters. The highest BCUT2D eigenvalue weighted by Crippen LogP contribution is 2.37. The Morgan fingerprint density at radius 1 is 1.35 bits per heavy atom. The van der Waals surface area contributed by atoms with Crippen molar-refractivity contribution in [1.29, 1.82) is 0 Å². The number of anilines is 1. The molecule has 0 amide bonds. The van der Waals surface area contributed by atoms with Gasteiger partial charge in [0.2, 0.25) is 0 Å². The molecule has 17 heavy (non-hydrogen) atoms. The summed E-state index contributed by atoms with van der Waals surface area (Å²) in [5, 5.41) is 10.9. The maximum absolute atomic E-state index is 10.9. The molecule has 1 aromatic carbocycles. The molecule has 5 nitrogen and oxygen atoms in total. The molecule has 0 unspecified atom stereocenters. The van der Waals surface area contributed by atoms with Crippen LogP contribution in [0.25, 0.3) is 10.4 Å². The molecule has 2 aromatic rings. The van der Waals surface area contributed by atoms with Gasteiger partial charge in [-0.3, -0.25) is 14.9 Å². The fraction of sp³-hybridized carbons (Fsp3) is 0. The molecule has 6 heteroatoms. The van der Waals surface area contributed by atoms with Gasteiger partial charge in [0.05, 0.1) is 21.1 Å². The Balaban J connectivity index is 2.59. The first-order chi connectivity index (χ1) is 8.13. The Labute approximate surface area is 101 Å². The summed E-state index contributed by atoms with van der Waals surface area (Å²) in [6, 6.07) is 7.94. The van der Waals surface area contributed by atoms with Crippen LogP contribution in [0.4, 0.5) is 11.4 Å². The number of nitrogens with zero attached hydrogens (tertiary/aromatic N) is 1. The summed E-state index contributed by atoms with van der Waals surface area (Å²) < 4.78 is 0. The summed E-state index contributed by atoms with van der Waals surface area (Å²) >= 11 is 1.15. The van der Waals surface area contributed by atoms with Crippen LogP contribution in [-0.4, -0.2) is 11.2 Å². The highest BCUT2D eigenvalue weighted by atomic mass is 32.1. The molecule has 0 bridgehead atoms. The number of hydrogen-bond acceptors (Lipinski definition) is 5. The first-order valence-electron chi connectivity index (χ1n) is 4.71. The van der Waals surface area contributed by atoms with Gasteiger partial charge in [0, 0.05) is 10.9 Å². The number of carbonyl (C=O) groups is 1. The van der Waals surface area contributed by atoms with E-state index in [1.54, 1.807) is 24.3 Å². The lowest BCUT2D eigenvalue weighted by Crippen LogP contribution is -1.90. The molecule has 0 aliphatic carbocycles. The summed E-state index contributed by atoms with van der Waals surface area (Å²) in [5.74, 6) is 0. The minimum Gasteiger partial charge on any atom is -0.397 e. The number of nitrogen functional groups attached to an aromatic ring is 1. The van der Waals surface area contributed by atoms with Crippen molar-refractivity contribution in [3.63, 3.8) is 0 Å². The van der Waals surface area contributed by atoms with Crippen LogP contribution in [-0.2, 0) is 0 Å². The van der Waals surface area contributed by atoms with Crippen LogP contribution in [0.15, 0.2) is 30.3 Å². The van der Waals surface area contributed by atoms with Gasteiger partial charge in [0.15, 0.2) is 6.29 Å². The van der Waals surface area contributed by atoms with E-state index in [0.29, 0.717) is 27.3 Å². The van der Waals surface area contributed by atoms with Crippen molar-refractivity contribution in [2.75, 3.05) is 5.73 Å². The number of hydrogen-bond donors (Lipinski definition) is 1. The molecule has 0 radical (unpaired) electrons. The number of benzene rings is 1. The summed E-state index contributed by atoms with van der Waals surface area (Å²) in [6.45, 7) is 0. The molecule has 0 fully saturated rings. The molecular weight excluding hydrogens is 240 g/mol. The van der Waals surface area contributed by atoms with E-state index in [2.05, 4.69) is 0 Å². The van der Waals surface area contributed by atoms with E-state index >= 15 is 0 Å². The van der Waals surface area contributed by atoms with Crippen molar-refractivity contribution in [2.45, 2.75) is 0 Å². The lowest BCUT2D eigenvalue weighted by atomic mass is 10.1. The largest absolute Gasteiger partial charge is 0.397 e. The van der Waals surface area contributed by atoms with E-state index in [0.717, 1.165) is 11.3 Å². The quantitative estimate of drug-likeness (QED) is 0.514. The Bertz CT molecular complexity index is 592. The maximum Gasteiger partial charge on any atom is 0.278 e. The lowest BCUT2D eigenvalue weighted by Gasteiger charge is -1.98. The minimum atomic E-state index is -0.453. The van der Waals surface area contributed by atoms with Crippen molar-refractivity contribution in [2.24, 2.45) is 0 Å². The summed E-state index contributed by atoms with van der Waals surface area (Å²) in [7, 11) is 0. The number of thiophene rings is 1. The van der Waals surface area contributed by atoms with Gasteiger partial charge in [-0.15, -0.1) is 11.3 Å². The molecule has 1 heterocycles. The van der Waals surface area contributed by atoms with E-state index in [1.165, 1.54) is 6.07 Å². The zero-order valence-corrected chi connectivity index (χ0v) is 9.44. The molecule has 2 N–H and O–H groups in total. The molecule has 0 saturated carbocycles. The van der Waals surface area contributed by atoms with Crippen LogP contribution in [0, 0.1) is 10.1 Å². The van der Waals surface area contributed by atoms with Crippen molar-refractivity contribution in [3.05, 3.63) is 45.3 Å². The van der Waals surface area contributed by atoms with Gasteiger partial charge in [-0.2, -0.15) is 0 Å². The van der Waals surface area contributed by atoms with Crippen LogP contribution in [0.5, 0.6) is 0 Å². The highest BCUT2D eigenvalue weighted by molar-refractivity contribution is 7.17. The zero-order chi connectivity index (χ0) is 12.4. The average molecular weight is 248 g/mol. The summed E-state index contributed by atoms with van der Waals surface area (Å²) in [6.07, 6.45) is 0.651. The van der Waals surface area contributed by atoms with E-state index in [4.69, 9.17) is 5.73 Å². The van der Waals surface area contributed by atoms with Gasteiger partial charge >= 0.3 is 0 Å². The minimum absolute atomic E-state index is 0.00574. The Morgan fingerprint density at radius 3 is 2.65 bits per heavy atom. The van der Waals surface area contributed by atoms with Crippen LogP contribution >= 0.6 is 11.3 Å². The van der Waals surface area contributed by atoms with Crippen LogP contribution in [0.1, 0.15) is 9.67 Å². The number of carbonyl (C=O) groups excluding carboxylic acids is 1. The Kier molecular flexibility index (Phi) is 2.88. The molecular formula is C11H8N2O3S. The first-order valence-corrected chi connectivity index (χ1v) is 5.53. The molecule has 0 spiro atoms. The van der Waals surface area contributed by atoms with Gasteiger partial charge < -0.3 is 5.73 Å². The molecule has 0 aliphatic rings. The zero-order valence-electron chi connectivity index (χ0n) is 8.62. The Morgan fingerprint density at radius 2 is 2.06 bits per heavy atom. The molecule has 0 saturated heterocycles. The molecule has 86 valence electrons. The normalized spacial score (nSPS) is 10.1. The van der Waals surface area contributed by atoms with Crippen molar-refractivity contribution in [1.82, 2.24) is 0 Å². The van der Waals surface area contributed by atoms with Crippen molar-refractivity contribution >= 4 is 29.0 Å². The van der Waals surface area contributed by atoms with Gasteiger partial charge in [0.25, 0.3) is 5.69 Å². The number of aldehydes is 1. The average Bonchev–Trinajstić information content (AvgIpc) is 2.70.